The number of aryl methyl sites for hydroxylation is 1. The smallest absolute Gasteiger partial charge is 0.230 e. The van der Waals surface area contributed by atoms with Gasteiger partial charge in [0, 0.05) is 38.1 Å². The molecule has 2 heterocycles. The second-order valence-electron chi connectivity index (χ2n) is 7.48. The number of anilines is 1. The third-order valence-corrected chi connectivity index (χ3v) is 4.85. The van der Waals surface area contributed by atoms with Crippen LogP contribution in [0, 0.1) is 12.8 Å². The zero-order chi connectivity index (χ0) is 19.6. The summed E-state index contributed by atoms with van der Waals surface area (Å²) in [6.45, 7) is 2.81. The first-order chi connectivity index (χ1) is 12.8. The van der Waals surface area contributed by atoms with Gasteiger partial charge < -0.3 is 15.1 Å². The highest BCUT2D eigenvalue weighted by Gasteiger charge is 2.42. The van der Waals surface area contributed by atoms with Gasteiger partial charge >= 0.3 is 0 Å². The first-order valence-electron chi connectivity index (χ1n) is 9.07. The SMILES string of the molecule is Cc1cc(CN(C)C)cc(NC(=O)[C@@H]2CC(=O)N(C)[C@H]2c2cccnc2)c1. The Bertz CT molecular complexity index is 835. The number of carbonyl (C=O) groups is 2. The number of amides is 2. The minimum absolute atomic E-state index is 0.0263. The highest BCUT2D eigenvalue weighted by molar-refractivity contribution is 5.98. The standard InChI is InChI=1S/C21H26N4O2/c1-14-8-15(13-24(2)3)10-17(9-14)23-21(27)18-11-19(26)25(4)20(18)16-6-5-7-22-12-16/h5-10,12,18,20H,11,13H2,1-4H3,(H,23,27)/t18-,20+/m1/s1. The lowest BCUT2D eigenvalue weighted by Gasteiger charge is -2.24. The Morgan fingerprint density at radius 1 is 1.33 bits per heavy atom. The number of nitrogens with one attached hydrogen (secondary N) is 1. The molecule has 0 bridgehead atoms. The number of benzene rings is 1. The average Bonchev–Trinajstić information content (AvgIpc) is 2.90. The molecule has 1 aliphatic heterocycles. The molecule has 0 spiro atoms. The predicted molar refractivity (Wildman–Crippen MR) is 105 cm³/mol. The maximum Gasteiger partial charge on any atom is 0.230 e. The summed E-state index contributed by atoms with van der Waals surface area (Å²) in [5.74, 6) is -0.603. The fourth-order valence-electron chi connectivity index (χ4n) is 3.74. The zero-order valence-corrected chi connectivity index (χ0v) is 16.3. The lowest BCUT2D eigenvalue weighted by Crippen LogP contribution is -2.30. The fraction of sp³-hybridized carbons (Fsp3) is 0.381. The van der Waals surface area contributed by atoms with Crippen LogP contribution in [-0.2, 0) is 16.1 Å². The molecule has 3 rings (SSSR count). The van der Waals surface area contributed by atoms with Crippen molar-refractivity contribution in [3.05, 3.63) is 59.4 Å². The quantitative estimate of drug-likeness (QED) is 0.883. The monoisotopic (exact) mass is 366 g/mol. The van der Waals surface area contributed by atoms with Gasteiger partial charge in [0.05, 0.1) is 12.0 Å². The van der Waals surface area contributed by atoms with Crippen LogP contribution in [0.3, 0.4) is 0 Å². The summed E-state index contributed by atoms with van der Waals surface area (Å²) in [6, 6.07) is 9.50. The Labute approximate surface area is 160 Å². The van der Waals surface area contributed by atoms with Crippen LogP contribution in [0.5, 0.6) is 0 Å². The van der Waals surface area contributed by atoms with E-state index in [4.69, 9.17) is 0 Å². The molecule has 2 aromatic rings. The maximum atomic E-state index is 13.0. The van der Waals surface area contributed by atoms with Crippen LogP contribution in [0.4, 0.5) is 5.69 Å². The van der Waals surface area contributed by atoms with Gasteiger partial charge in [-0.2, -0.15) is 0 Å². The average molecular weight is 366 g/mol. The van der Waals surface area contributed by atoms with E-state index >= 15 is 0 Å². The molecule has 1 aliphatic rings. The van der Waals surface area contributed by atoms with Crippen LogP contribution in [0.15, 0.2) is 42.7 Å². The van der Waals surface area contributed by atoms with Crippen molar-refractivity contribution in [2.45, 2.75) is 25.9 Å². The van der Waals surface area contributed by atoms with Gasteiger partial charge in [-0.05, 0) is 55.9 Å². The first-order valence-corrected chi connectivity index (χ1v) is 9.07. The Kier molecular flexibility index (Phi) is 5.56. The number of hydrogen-bond acceptors (Lipinski definition) is 4. The molecule has 0 aliphatic carbocycles. The second kappa shape index (κ2) is 7.88. The largest absolute Gasteiger partial charge is 0.338 e. The summed E-state index contributed by atoms with van der Waals surface area (Å²) in [6.07, 6.45) is 3.62. The number of nitrogens with zero attached hydrogens (tertiary/aromatic N) is 3. The number of hydrogen-bond donors (Lipinski definition) is 1. The van der Waals surface area contributed by atoms with Gasteiger partial charge in [0.25, 0.3) is 0 Å². The maximum absolute atomic E-state index is 13.0. The molecule has 6 heteroatoms. The molecule has 1 N–H and O–H groups in total. The van der Waals surface area contributed by atoms with Crippen LogP contribution in [0.1, 0.15) is 29.2 Å². The molecule has 1 fully saturated rings. The van der Waals surface area contributed by atoms with Crippen LogP contribution < -0.4 is 5.32 Å². The number of pyridine rings is 1. The van der Waals surface area contributed by atoms with Crippen molar-refractivity contribution < 1.29 is 9.59 Å². The van der Waals surface area contributed by atoms with Crippen molar-refractivity contribution in [3.8, 4) is 0 Å². The van der Waals surface area contributed by atoms with E-state index in [1.54, 1.807) is 24.3 Å². The van der Waals surface area contributed by atoms with Crippen LogP contribution in [-0.4, -0.2) is 47.7 Å². The first kappa shape index (κ1) is 19.0. The molecule has 27 heavy (non-hydrogen) atoms. The molecule has 0 radical (unpaired) electrons. The molecule has 142 valence electrons. The normalized spacial score (nSPS) is 19.6. The van der Waals surface area contributed by atoms with Gasteiger partial charge in [0.1, 0.15) is 0 Å². The van der Waals surface area contributed by atoms with E-state index in [9.17, 15) is 9.59 Å². The molecule has 2 atom stereocenters. The third-order valence-electron chi connectivity index (χ3n) is 4.85. The van der Waals surface area contributed by atoms with Crippen molar-refractivity contribution in [3.63, 3.8) is 0 Å². The van der Waals surface area contributed by atoms with Crippen molar-refractivity contribution in [2.24, 2.45) is 5.92 Å². The molecule has 0 unspecified atom stereocenters. The Balaban J connectivity index is 1.82. The molecule has 1 aromatic carbocycles. The minimum Gasteiger partial charge on any atom is -0.338 e. The van der Waals surface area contributed by atoms with E-state index < -0.39 is 5.92 Å². The summed E-state index contributed by atoms with van der Waals surface area (Å²) < 4.78 is 0. The lowest BCUT2D eigenvalue weighted by molar-refractivity contribution is -0.127. The van der Waals surface area contributed by atoms with Crippen LogP contribution >= 0.6 is 0 Å². The van der Waals surface area contributed by atoms with E-state index in [1.807, 2.05) is 45.3 Å². The van der Waals surface area contributed by atoms with Crippen LogP contribution in [0.2, 0.25) is 0 Å². The van der Waals surface area contributed by atoms with Gasteiger partial charge in [-0.15, -0.1) is 0 Å². The van der Waals surface area contributed by atoms with Crippen molar-refractivity contribution in [2.75, 3.05) is 26.5 Å². The van der Waals surface area contributed by atoms with E-state index in [0.717, 1.165) is 28.9 Å². The molecule has 1 aromatic heterocycles. The zero-order valence-electron chi connectivity index (χ0n) is 16.3. The summed E-state index contributed by atoms with van der Waals surface area (Å²) >= 11 is 0. The predicted octanol–water partition coefficient (Wildman–Crippen LogP) is 2.61. The number of aromatic nitrogens is 1. The number of carbonyl (C=O) groups excluding carboxylic acids is 2. The van der Waals surface area contributed by atoms with Crippen molar-refractivity contribution in [1.82, 2.24) is 14.8 Å². The van der Waals surface area contributed by atoms with Gasteiger partial charge in [0.2, 0.25) is 11.8 Å². The highest BCUT2D eigenvalue weighted by atomic mass is 16.2. The Morgan fingerprint density at radius 3 is 2.78 bits per heavy atom. The molecular formula is C21H26N4O2. The van der Waals surface area contributed by atoms with Gasteiger partial charge in [-0.1, -0.05) is 12.1 Å². The Morgan fingerprint density at radius 2 is 2.11 bits per heavy atom. The molecule has 6 nitrogen and oxygen atoms in total. The van der Waals surface area contributed by atoms with E-state index in [0.29, 0.717) is 0 Å². The van der Waals surface area contributed by atoms with Gasteiger partial charge in [-0.3, -0.25) is 14.6 Å². The third kappa shape index (κ3) is 4.34. The number of rotatable bonds is 5. The van der Waals surface area contributed by atoms with Crippen molar-refractivity contribution >= 4 is 17.5 Å². The molecule has 1 saturated heterocycles. The van der Waals surface area contributed by atoms with E-state index in [2.05, 4.69) is 21.3 Å². The van der Waals surface area contributed by atoms with Crippen LogP contribution in [0.25, 0.3) is 0 Å². The highest BCUT2D eigenvalue weighted by Crippen LogP contribution is 2.37. The topological polar surface area (TPSA) is 65.5 Å². The summed E-state index contributed by atoms with van der Waals surface area (Å²) in [5, 5.41) is 3.02. The fourth-order valence-corrected chi connectivity index (χ4v) is 3.74. The summed E-state index contributed by atoms with van der Waals surface area (Å²) in [4.78, 5) is 33.2. The summed E-state index contributed by atoms with van der Waals surface area (Å²) in [5.41, 5.74) is 3.87. The van der Waals surface area contributed by atoms with E-state index in [1.165, 1.54) is 0 Å². The Hall–Kier alpha value is -2.73. The lowest BCUT2D eigenvalue weighted by atomic mass is 9.93. The summed E-state index contributed by atoms with van der Waals surface area (Å²) in [7, 11) is 5.77. The van der Waals surface area contributed by atoms with Gasteiger partial charge in [-0.25, -0.2) is 0 Å². The second-order valence-corrected chi connectivity index (χ2v) is 7.48. The molecular weight excluding hydrogens is 340 g/mol. The van der Waals surface area contributed by atoms with Gasteiger partial charge in [0.15, 0.2) is 0 Å². The van der Waals surface area contributed by atoms with E-state index in [-0.39, 0.29) is 24.3 Å². The van der Waals surface area contributed by atoms with Crippen molar-refractivity contribution in [1.29, 1.82) is 0 Å². The molecule has 2 amide bonds. The number of likely N-dealkylation sites (tertiary alicyclic amines) is 1. The molecule has 0 saturated carbocycles. The minimum atomic E-state index is -0.440.